The van der Waals surface area contributed by atoms with Crippen molar-refractivity contribution in [2.45, 2.75) is 18.4 Å². The summed E-state index contributed by atoms with van der Waals surface area (Å²) in [7, 11) is 0. The van der Waals surface area contributed by atoms with Crippen LogP contribution in [0.3, 0.4) is 0 Å². The number of ether oxygens (including phenoxy) is 2. The second kappa shape index (κ2) is 5.04. The first-order chi connectivity index (χ1) is 9.32. The summed E-state index contributed by atoms with van der Waals surface area (Å²) >= 11 is 0. The summed E-state index contributed by atoms with van der Waals surface area (Å²) < 4.78 is 11.6. The first-order valence-corrected chi connectivity index (χ1v) is 6.01. The fourth-order valence-corrected chi connectivity index (χ4v) is 2.05. The van der Waals surface area contributed by atoms with Gasteiger partial charge in [-0.1, -0.05) is 6.07 Å². The molecule has 0 saturated carbocycles. The SMILES string of the molecule is OCC1COC(Cn2nccn2)(c2ccccn2)O1. The summed E-state index contributed by atoms with van der Waals surface area (Å²) in [5.74, 6) is -1.05. The van der Waals surface area contributed by atoms with Gasteiger partial charge in [-0.15, -0.1) is 0 Å². The van der Waals surface area contributed by atoms with Crippen LogP contribution in [0.4, 0.5) is 0 Å². The third-order valence-corrected chi connectivity index (χ3v) is 2.93. The quantitative estimate of drug-likeness (QED) is 0.830. The monoisotopic (exact) mass is 262 g/mol. The minimum Gasteiger partial charge on any atom is -0.394 e. The molecule has 3 heterocycles. The molecule has 2 atom stereocenters. The van der Waals surface area contributed by atoms with Crippen LogP contribution in [0.15, 0.2) is 36.8 Å². The van der Waals surface area contributed by atoms with Gasteiger partial charge >= 0.3 is 0 Å². The Kier molecular flexibility index (Phi) is 3.24. The minimum absolute atomic E-state index is 0.0961. The Labute approximate surface area is 109 Å². The number of hydrogen-bond donors (Lipinski definition) is 1. The Morgan fingerprint density at radius 2 is 2.16 bits per heavy atom. The summed E-state index contributed by atoms with van der Waals surface area (Å²) in [4.78, 5) is 5.76. The van der Waals surface area contributed by atoms with Crippen LogP contribution >= 0.6 is 0 Å². The van der Waals surface area contributed by atoms with Crippen LogP contribution in [-0.2, 0) is 21.8 Å². The van der Waals surface area contributed by atoms with E-state index in [1.165, 1.54) is 4.80 Å². The molecule has 1 fully saturated rings. The molecule has 0 amide bonds. The summed E-state index contributed by atoms with van der Waals surface area (Å²) in [5.41, 5.74) is 0.642. The van der Waals surface area contributed by atoms with Gasteiger partial charge < -0.3 is 14.6 Å². The largest absolute Gasteiger partial charge is 0.394 e. The predicted octanol–water partition coefficient (Wildman–Crippen LogP) is -0.0662. The van der Waals surface area contributed by atoms with Gasteiger partial charge in [0.1, 0.15) is 18.3 Å². The summed E-state index contributed by atoms with van der Waals surface area (Å²) in [6, 6.07) is 5.50. The fraction of sp³-hybridized carbons (Fsp3) is 0.417. The third kappa shape index (κ3) is 2.35. The summed E-state index contributed by atoms with van der Waals surface area (Å²) in [5, 5.41) is 17.3. The van der Waals surface area contributed by atoms with E-state index in [9.17, 15) is 5.11 Å². The van der Waals surface area contributed by atoms with E-state index in [1.54, 1.807) is 18.6 Å². The second-order valence-electron chi connectivity index (χ2n) is 4.26. The van der Waals surface area contributed by atoms with E-state index in [1.807, 2.05) is 18.2 Å². The first-order valence-electron chi connectivity index (χ1n) is 6.01. The average molecular weight is 262 g/mol. The van der Waals surface area contributed by atoms with E-state index in [-0.39, 0.29) is 19.3 Å². The van der Waals surface area contributed by atoms with Crippen molar-refractivity contribution < 1.29 is 14.6 Å². The molecule has 100 valence electrons. The molecule has 1 N–H and O–H groups in total. The maximum Gasteiger partial charge on any atom is 0.235 e. The van der Waals surface area contributed by atoms with E-state index in [0.717, 1.165) is 0 Å². The Balaban J connectivity index is 1.92. The molecule has 7 nitrogen and oxygen atoms in total. The zero-order valence-electron chi connectivity index (χ0n) is 10.2. The van der Waals surface area contributed by atoms with Gasteiger partial charge in [-0.05, 0) is 12.1 Å². The van der Waals surface area contributed by atoms with Crippen molar-refractivity contribution in [2.24, 2.45) is 0 Å². The van der Waals surface area contributed by atoms with Gasteiger partial charge in [0, 0.05) is 6.20 Å². The molecule has 0 aromatic carbocycles. The molecular weight excluding hydrogens is 248 g/mol. The number of pyridine rings is 1. The molecule has 2 unspecified atom stereocenters. The second-order valence-corrected chi connectivity index (χ2v) is 4.26. The molecule has 0 spiro atoms. The van der Waals surface area contributed by atoms with Crippen molar-refractivity contribution in [2.75, 3.05) is 13.2 Å². The van der Waals surface area contributed by atoms with E-state index in [4.69, 9.17) is 9.47 Å². The highest BCUT2D eigenvalue weighted by molar-refractivity contribution is 5.11. The van der Waals surface area contributed by atoms with Crippen molar-refractivity contribution in [3.05, 3.63) is 42.5 Å². The van der Waals surface area contributed by atoms with Crippen LogP contribution in [0.25, 0.3) is 0 Å². The Bertz CT molecular complexity index is 519. The molecular formula is C12H14N4O3. The van der Waals surface area contributed by atoms with Gasteiger partial charge in [0.2, 0.25) is 5.79 Å². The van der Waals surface area contributed by atoms with Gasteiger partial charge in [-0.25, -0.2) is 0 Å². The van der Waals surface area contributed by atoms with E-state index in [2.05, 4.69) is 15.2 Å². The molecule has 2 aromatic heterocycles. The van der Waals surface area contributed by atoms with Gasteiger partial charge in [-0.3, -0.25) is 4.98 Å². The molecule has 0 radical (unpaired) electrons. The van der Waals surface area contributed by atoms with Gasteiger partial charge in [-0.2, -0.15) is 15.0 Å². The zero-order valence-corrected chi connectivity index (χ0v) is 10.2. The number of nitrogens with zero attached hydrogens (tertiary/aromatic N) is 4. The molecule has 2 aromatic rings. The first kappa shape index (κ1) is 12.2. The molecule has 0 aliphatic carbocycles. The topological polar surface area (TPSA) is 82.3 Å². The van der Waals surface area contributed by atoms with Crippen molar-refractivity contribution >= 4 is 0 Å². The number of rotatable bonds is 4. The Morgan fingerprint density at radius 1 is 1.32 bits per heavy atom. The molecule has 0 bridgehead atoms. The van der Waals surface area contributed by atoms with Crippen LogP contribution in [0.5, 0.6) is 0 Å². The van der Waals surface area contributed by atoms with Gasteiger partial charge in [0.25, 0.3) is 0 Å². The molecule has 1 saturated heterocycles. The molecule has 1 aliphatic rings. The van der Waals surface area contributed by atoms with Crippen molar-refractivity contribution in [3.63, 3.8) is 0 Å². The highest BCUT2D eigenvalue weighted by atomic mass is 16.7. The number of aliphatic hydroxyl groups excluding tert-OH is 1. The van der Waals surface area contributed by atoms with Crippen LogP contribution < -0.4 is 0 Å². The van der Waals surface area contributed by atoms with Crippen molar-refractivity contribution in [1.82, 2.24) is 20.0 Å². The van der Waals surface area contributed by atoms with Crippen LogP contribution in [0.2, 0.25) is 0 Å². The number of hydrogen-bond acceptors (Lipinski definition) is 6. The van der Waals surface area contributed by atoms with Gasteiger partial charge in [0.05, 0.1) is 25.6 Å². The molecule has 19 heavy (non-hydrogen) atoms. The van der Waals surface area contributed by atoms with Crippen molar-refractivity contribution in [3.8, 4) is 0 Å². The lowest BCUT2D eigenvalue weighted by atomic mass is 10.1. The highest BCUT2D eigenvalue weighted by Gasteiger charge is 2.45. The number of aliphatic hydroxyl groups is 1. The van der Waals surface area contributed by atoms with E-state index < -0.39 is 5.79 Å². The van der Waals surface area contributed by atoms with Gasteiger partial charge in [0.15, 0.2) is 0 Å². The highest BCUT2D eigenvalue weighted by Crippen LogP contribution is 2.34. The van der Waals surface area contributed by atoms with Crippen molar-refractivity contribution in [1.29, 1.82) is 0 Å². The molecule has 1 aliphatic heterocycles. The Hall–Kier alpha value is -1.83. The van der Waals surface area contributed by atoms with Crippen LogP contribution in [0.1, 0.15) is 5.69 Å². The maximum absolute atomic E-state index is 9.21. The molecule has 3 rings (SSSR count). The van der Waals surface area contributed by atoms with Crippen LogP contribution in [0, 0.1) is 0 Å². The lowest BCUT2D eigenvalue weighted by Crippen LogP contribution is -2.35. The lowest BCUT2D eigenvalue weighted by molar-refractivity contribution is -0.195. The molecule has 7 heteroatoms. The summed E-state index contributed by atoms with van der Waals surface area (Å²) in [6.07, 6.45) is 4.49. The number of aromatic nitrogens is 4. The smallest absolute Gasteiger partial charge is 0.235 e. The van der Waals surface area contributed by atoms with E-state index in [0.29, 0.717) is 12.3 Å². The van der Waals surface area contributed by atoms with Crippen LogP contribution in [-0.4, -0.2) is 44.4 Å². The normalized spacial score (nSPS) is 26.7. The Morgan fingerprint density at radius 3 is 2.79 bits per heavy atom. The third-order valence-electron chi connectivity index (χ3n) is 2.93. The summed E-state index contributed by atoms with van der Waals surface area (Å²) in [6.45, 7) is 0.503. The average Bonchev–Trinajstić information content (AvgIpc) is 3.10. The maximum atomic E-state index is 9.21. The standard InChI is InChI=1S/C12H14N4O3/c17-7-10-8-18-12(19-10,9-16-14-5-6-15-16)11-3-1-2-4-13-11/h1-6,10,17H,7-9H2. The van der Waals surface area contributed by atoms with E-state index >= 15 is 0 Å². The fourth-order valence-electron chi connectivity index (χ4n) is 2.05. The predicted molar refractivity (Wildman–Crippen MR) is 63.8 cm³/mol. The zero-order chi connectivity index (χ0) is 13.1. The lowest BCUT2D eigenvalue weighted by Gasteiger charge is -2.26. The minimum atomic E-state index is -1.05.